The van der Waals surface area contributed by atoms with E-state index in [4.69, 9.17) is 11.6 Å². The first-order valence-corrected chi connectivity index (χ1v) is 5.96. The molecule has 0 radical (unpaired) electrons. The molecule has 0 spiro atoms. The molecule has 2 nitrogen and oxygen atoms in total. The highest BCUT2D eigenvalue weighted by Gasteiger charge is 2.12. The van der Waals surface area contributed by atoms with Crippen LogP contribution in [-0.2, 0) is 0 Å². The molecule has 0 unspecified atom stereocenters. The maximum atomic E-state index is 6.19. The third kappa shape index (κ3) is 2.18. The van der Waals surface area contributed by atoms with Crippen molar-refractivity contribution in [2.45, 2.75) is 27.7 Å². The average molecular weight is 247 g/mol. The molecule has 1 aromatic heterocycles. The molecule has 3 heteroatoms. The van der Waals surface area contributed by atoms with Crippen molar-refractivity contribution in [3.63, 3.8) is 0 Å². The smallest absolute Gasteiger partial charge is 0.155 e. The van der Waals surface area contributed by atoms with Crippen LogP contribution in [0.5, 0.6) is 0 Å². The van der Waals surface area contributed by atoms with Crippen molar-refractivity contribution in [3.05, 3.63) is 45.9 Å². The topological polar surface area (TPSA) is 25.8 Å². The van der Waals surface area contributed by atoms with Gasteiger partial charge in [0.15, 0.2) is 5.15 Å². The summed E-state index contributed by atoms with van der Waals surface area (Å²) in [5, 5.41) is 0.474. The van der Waals surface area contributed by atoms with Gasteiger partial charge < -0.3 is 0 Å². The zero-order chi connectivity index (χ0) is 12.6. The molecule has 17 heavy (non-hydrogen) atoms. The number of hydrogen-bond acceptors (Lipinski definition) is 2. The Morgan fingerprint density at radius 3 is 2.29 bits per heavy atom. The van der Waals surface area contributed by atoms with E-state index in [1.165, 1.54) is 11.1 Å². The molecule has 0 aliphatic carbocycles. The summed E-state index contributed by atoms with van der Waals surface area (Å²) in [7, 11) is 0. The van der Waals surface area contributed by atoms with E-state index in [1.54, 1.807) is 0 Å². The maximum absolute atomic E-state index is 6.19. The molecular weight excluding hydrogens is 232 g/mol. The molecule has 0 aliphatic rings. The van der Waals surface area contributed by atoms with Gasteiger partial charge in [0, 0.05) is 5.56 Å². The number of aromatic nitrogens is 2. The Labute approximate surface area is 107 Å². The van der Waals surface area contributed by atoms with Gasteiger partial charge in [-0.1, -0.05) is 29.8 Å². The normalized spacial score (nSPS) is 10.6. The fraction of sp³-hybridized carbons (Fsp3) is 0.286. The number of hydrogen-bond donors (Lipinski definition) is 0. The molecule has 0 saturated heterocycles. The predicted molar refractivity (Wildman–Crippen MR) is 71.4 cm³/mol. The highest BCUT2D eigenvalue weighted by molar-refractivity contribution is 6.31. The van der Waals surface area contributed by atoms with Crippen LogP contribution in [-0.4, -0.2) is 9.97 Å². The summed E-state index contributed by atoms with van der Waals surface area (Å²) in [6.45, 7) is 8.04. The third-order valence-electron chi connectivity index (χ3n) is 3.12. The number of benzene rings is 1. The highest BCUT2D eigenvalue weighted by atomic mass is 35.5. The number of nitrogens with zero attached hydrogens (tertiary/aromatic N) is 2. The average Bonchev–Trinajstić information content (AvgIpc) is 2.28. The van der Waals surface area contributed by atoms with Crippen molar-refractivity contribution in [2.24, 2.45) is 0 Å². The fourth-order valence-electron chi connectivity index (χ4n) is 1.75. The van der Waals surface area contributed by atoms with Crippen LogP contribution in [0.25, 0.3) is 11.3 Å². The Morgan fingerprint density at radius 2 is 1.59 bits per heavy atom. The summed E-state index contributed by atoms with van der Waals surface area (Å²) in [5.74, 6) is 0. The molecule has 1 heterocycles. The molecule has 2 rings (SSSR count). The van der Waals surface area contributed by atoms with Gasteiger partial charge in [0.05, 0.1) is 11.4 Å². The predicted octanol–water partition coefficient (Wildman–Crippen LogP) is 4.03. The monoisotopic (exact) mass is 246 g/mol. The van der Waals surface area contributed by atoms with Gasteiger partial charge in [0.1, 0.15) is 5.69 Å². The van der Waals surface area contributed by atoms with Crippen molar-refractivity contribution < 1.29 is 0 Å². The van der Waals surface area contributed by atoms with Crippen LogP contribution in [0.2, 0.25) is 5.15 Å². The van der Waals surface area contributed by atoms with Gasteiger partial charge in [-0.15, -0.1) is 0 Å². The standard InChI is InChI=1S/C14H15ClN2/c1-8-6-5-7-12(9(8)2)13-14(15)17-11(4)10(3)16-13/h5-7H,1-4H3. The molecule has 0 bridgehead atoms. The first kappa shape index (κ1) is 12.1. The lowest BCUT2D eigenvalue weighted by atomic mass is 10.0. The quantitative estimate of drug-likeness (QED) is 0.759. The third-order valence-corrected chi connectivity index (χ3v) is 3.39. The molecule has 2 aromatic rings. The summed E-state index contributed by atoms with van der Waals surface area (Å²) in [6.07, 6.45) is 0. The van der Waals surface area contributed by atoms with Crippen molar-refractivity contribution in [2.75, 3.05) is 0 Å². The van der Waals surface area contributed by atoms with Crippen LogP contribution in [0.3, 0.4) is 0 Å². The minimum absolute atomic E-state index is 0.474. The Kier molecular flexibility index (Phi) is 3.16. The first-order valence-electron chi connectivity index (χ1n) is 5.58. The first-order chi connectivity index (χ1) is 8.00. The molecular formula is C14H15ClN2. The molecule has 0 saturated carbocycles. The molecule has 0 fully saturated rings. The van der Waals surface area contributed by atoms with Gasteiger partial charge >= 0.3 is 0 Å². The number of aryl methyl sites for hydroxylation is 3. The largest absolute Gasteiger partial charge is 0.248 e. The summed E-state index contributed by atoms with van der Waals surface area (Å²) >= 11 is 6.19. The Balaban J connectivity index is 2.69. The second-order valence-corrected chi connectivity index (χ2v) is 4.64. The fourth-order valence-corrected chi connectivity index (χ4v) is 2.03. The summed E-state index contributed by atoms with van der Waals surface area (Å²) in [4.78, 5) is 8.87. The number of rotatable bonds is 1. The molecule has 88 valence electrons. The van der Waals surface area contributed by atoms with E-state index in [0.717, 1.165) is 22.6 Å². The highest BCUT2D eigenvalue weighted by Crippen LogP contribution is 2.29. The van der Waals surface area contributed by atoms with Crippen molar-refractivity contribution in [3.8, 4) is 11.3 Å². The molecule has 0 N–H and O–H groups in total. The van der Waals surface area contributed by atoms with Crippen molar-refractivity contribution in [1.29, 1.82) is 0 Å². The van der Waals surface area contributed by atoms with Gasteiger partial charge in [-0.2, -0.15) is 0 Å². The second-order valence-electron chi connectivity index (χ2n) is 4.28. The Morgan fingerprint density at radius 1 is 0.941 bits per heavy atom. The minimum Gasteiger partial charge on any atom is -0.248 e. The van der Waals surface area contributed by atoms with E-state index in [2.05, 4.69) is 29.9 Å². The Hall–Kier alpha value is -1.41. The zero-order valence-electron chi connectivity index (χ0n) is 10.5. The summed E-state index contributed by atoms with van der Waals surface area (Å²) in [5.41, 5.74) is 6.07. The van der Waals surface area contributed by atoms with E-state index >= 15 is 0 Å². The summed E-state index contributed by atoms with van der Waals surface area (Å²) in [6, 6.07) is 6.14. The van der Waals surface area contributed by atoms with Gasteiger partial charge in [-0.05, 0) is 38.8 Å². The van der Waals surface area contributed by atoms with Gasteiger partial charge in [0.25, 0.3) is 0 Å². The minimum atomic E-state index is 0.474. The molecule has 0 amide bonds. The second kappa shape index (κ2) is 4.46. The van der Waals surface area contributed by atoms with Crippen LogP contribution in [0, 0.1) is 27.7 Å². The van der Waals surface area contributed by atoms with Gasteiger partial charge in [-0.25, -0.2) is 9.97 Å². The summed E-state index contributed by atoms with van der Waals surface area (Å²) < 4.78 is 0. The van der Waals surface area contributed by atoms with Crippen LogP contribution in [0.15, 0.2) is 18.2 Å². The van der Waals surface area contributed by atoms with Crippen LogP contribution >= 0.6 is 11.6 Å². The van der Waals surface area contributed by atoms with E-state index in [9.17, 15) is 0 Å². The molecule has 0 atom stereocenters. The van der Waals surface area contributed by atoms with Crippen molar-refractivity contribution in [1.82, 2.24) is 9.97 Å². The molecule has 1 aromatic carbocycles. The van der Waals surface area contributed by atoms with E-state index in [-0.39, 0.29) is 0 Å². The van der Waals surface area contributed by atoms with Gasteiger partial charge in [-0.3, -0.25) is 0 Å². The molecule has 0 aliphatic heterocycles. The van der Waals surface area contributed by atoms with E-state index in [0.29, 0.717) is 5.15 Å². The van der Waals surface area contributed by atoms with Gasteiger partial charge in [0.2, 0.25) is 0 Å². The maximum Gasteiger partial charge on any atom is 0.155 e. The van der Waals surface area contributed by atoms with Crippen LogP contribution < -0.4 is 0 Å². The van der Waals surface area contributed by atoms with Crippen LogP contribution in [0.1, 0.15) is 22.5 Å². The van der Waals surface area contributed by atoms with Crippen LogP contribution in [0.4, 0.5) is 0 Å². The lowest BCUT2D eigenvalue weighted by Crippen LogP contribution is -1.98. The van der Waals surface area contributed by atoms with E-state index in [1.807, 2.05) is 26.0 Å². The Bertz CT molecular complexity index is 577. The van der Waals surface area contributed by atoms with Crippen molar-refractivity contribution >= 4 is 11.6 Å². The number of halogens is 1. The lowest BCUT2D eigenvalue weighted by molar-refractivity contribution is 1.05. The lowest BCUT2D eigenvalue weighted by Gasteiger charge is -2.10. The van der Waals surface area contributed by atoms with E-state index < -0.39 is 0 Å². The SMILES string of the molecule is Cc1cccc(-c2nc(C)c(C)nc2Cl)c1C. The zero-order valence-corrected chi connectivity index (χ0v) is 11.3.